The molecule has 8 heteroatoms. The monoisotopic (exact) mass is 403 g/mol. The summed E-state index contributed by atoms with van der Waals surface area (Å²) >= 11 is 11.7. The van der Waals surface area contributed by atoms with E-state index in [9.17, 15) is 4.57 Å². The largest absolute Gasteiger partial charge is 0.515 e. The van der Waals surface area contributed by atoms with E-state index in [1.165, 1.54) is 11.8 Å². The number of para-hydroxylation sites is 3. The lowest BCUT2D eigenvalue weighted by atomic mass is 10.3. The number of ether oxygens (including phenoxy) is 1. The molecule has 25 heavy (non-hydrogen) atoms. The van der Waals surface area contributed by atoms with Crippen molar-refractivity contribution in [3.05, 3.63) is 54.6 Å². The Labute approximate surface area is 158 Å². The van der Waals surface area contributed by atoms with Crippen LogP contribution < -0.4 is 13.8 Å². The molecular weight excluding hydrogens is 384 g/mol. The molecule has 1 atom stereocenters. The minimum atomic E-state index is -3.76. The number of halogens is 2. The highest BCUT2D eigenvalue weighted by Crippen LogP contribution is 2.53. The molecule has 2 aromatic rings. The first kappa shape index (κ1) is 19.9. The summed E-state index contributed by atoms with van der Waals surface area (Å²) in [5.74, 6) is 1.71. The molecule has 0 bridgehead atoms. The quantitative estimate of drug-likeness (QED) is 0.410. The van der Waals surface area contributed by atoms with Crippen LogP contribution in [0.5, 0.6) is 17.2 Å². The van der Waals surface area contributed by atoms with Gasteiger partial charge in [-0.1, -0.05) is 30.3 Å². The lowest BCUT2D eigenvalue weighted by molar-refractivity contribution is 0.289. The summed E-state index contributed by atoms with van der Waals surface area (Å²) in [6.45, 7) is 0.598. The second-order valence-corrected chi connectivity index (χ2v) is 7.57. The van der Waals surface area contributed by atoms with Crippen molar-refractivity contribution < 1.29 is 18.3 Å². The van der Waals surface area contributed by atoms with E-state index in [-0.39, 0.29) is 11.8 Å². The normalized spacial score (nSPS) is 13.3. The van der Waals surface area contributed by atoms with Crippen molar-refractivity contribution in [1.82, 2.24) is 4.67 Å². The molecule has 0 amide bonds. The van der Waals surface area contributed by atoms with E-state index in [2.05, 4.69) is 0 Å². The number of hydrogen-bond donors (Lipinski definition) is 0. The van der Waals surface area contributed by atoms with Gasteiger partial charge in [-0.25, -0.2) is 4.57 Å². The molecule has 0 fully saturated rings. The molecule has 136 valence electrons. The molecule has 0 aromatic heterocycles. The van der Waals surface area contributed by atoms with Gasteiger partial charge in [0.15, 0.2) is 11.5 Å². The number of alkyl halides is 2. The molecule has 2 rings (SSSR count). The first-order valence-corrected chi connectivity index (χ1v) is 10.2. The second kappa shape index (κ2) is 9.93. The molecule has 0 aliphatic carbocycles. The zero-order chi connectivity index (χ0) is 18.1. The number of rotatable bonds is 10. The average Bonchev–Trinajstić information content (AvgIpc) is 2.63. The number of nitrogens with zero attached hydrogens (tertiary/aromatic N) is 1. The van der Waals surface area contributed by atoms with Gasteiger partial charge < -0.3 is 13.8 Å². The van der Waals surface area contributed by atoms with Gasteiger partial charge in [-0.05, 0) is 24.3 Å². The highest BCUT2D eigenvalue weighted by Gasteiger charge is 2.37. The van der Waals surface area contributed by atoms with Crippen LogP contribution in [0.25, 0.3) is 0 Å². The van der Waals surface area contributed by atoms with E-state index < -0.39 is 7.75 Å². The summed E-state index contributed by atoms with van der Waals surface area (Å²) in [5, 5.41) is 0. The van der Waals surface area contributed by atoms with Crippen molar-refractivity contribution in [3.63, 3.8) is 0 Å². The third kappa shape index (κ3) is 5.55. The van der Waals surface area contributed by atoms with E-state index >= 15 is 0 Å². The zero-order valence-electron chi connectivity index (χ0n) is 13.8. The van der Waals surface area contributed by atoms with Crippen molar-refractivity contribution in [2.24, 2.45) is 0 Å². The second-order valence-electron chi connectivity index (χ2n) is 4.95. The van der Waals surface area contributed by atoms with E-state index in [0.29, 0.717) is 30.3 Å². The maximum Gasteiger partial charge on any atom is 0.515 e. The fraction of sp³-hybridized carbons (Fsp3) is 0.294. The van der Waals surface area contributed by atoms with Crippen LogP contribution in [0, 0.1) is 0 Å². The van der Waals surface area contributed by atoms with Gasteiger partial charge in [0.25, 0.3) is 0 Å². The summed E-state index contributed by atoms with van der Waals surface area (Å²) in [5.41, 5.74) is 0. The molecular formula is C17H20Cl2NO4P. The summed E-state index contributed by atoms with van der Waals surface area (Å²) in [4.78, 5) is 0. The maximum atomic E-state index is 13.6. The number of benzene rings is 2. The molecule has 2 aromatic carbocycles. The molecule has 5 nitrogen and oxygen atoms in total. The van der Waals surface area contributed by atoms with E-state index in [4.69, 9.17) is 37.0 Å². The van der Waals surface area contributed by atoms with Gasteiger partial charge in [-0.15, -0.1) is 23.2 Å². The zero-order valence-corrected chi connectivity index (χ0v) is 16.2. The minimum Gasteiger partial charge on any atom is -0.493 e. The van der Waals surface area contributed by atoms with Crippen molar-refractivity contribution >= 4 is 30.9 Å². The van der Waals surface area contributed by atoms with Crippen LogP contribution >= 0.6 is 30.9 Å². The highest BCUT2D eigenvalue weighted by molar-refractivity contribution is 7.52. The van der Waals surface area contributed by atoms with E-state index in [1.54, 1.807) is 48.5 Å². The van der Waals surface area contributed by atoms with Crippen LogP contribution in [0.2, 0.25) is 0 Å². The van der Waals surface area contributed by atoms with E-state index in [0.717, 1.165) is 0 Å². The molecule has 1 unspecified atom stereocenters. The van der Waals surface area contributed by atoms with Crippen LogP contribution in [0.3, 0.4) is 0 Å². The minimum absolute atomic E-state index is 0.258. The Balaban J connectivity index is 2.38. The third-order valence-corrected chi connectivity index (χ3v) is 5.58. The van der Waals surface area contributed by atoms with Crippen LogP contribution in [0.4, 0.5) is 0 Å². The average molecular weight is 404 g/mol. The van der Waals surface area contributed by atoms with Gasteiger partial charge in [0.2, 0.25) is 0 Å². The third-order valence-electron chi connectivity index (χ3n) is 3.28. The topological polar surface area (TPSA) is 48.0 Å². The first-order chi connectivity index (χ1) is 12.1. The van der Waals surface area contributed by atoms with Crippen molar-refractivity contribution in [1.29, 1.82) is 0 Å². The summed E-state index contributed by atoms with van der Waals surface area (Å²) in [7, 11) is -2.25. The Morgan fingerprint density at radius 3 is 2.00 bits per heavy atom. The summed E-state index contributed by atoms with van der Waals surface area (Å²) in [6, 6.07) is 15.8. The molecule has 0 aliphatic heterocycles. The molecule has 0 aliphatic rings. The Morgan fingerprint density at radius 1 is 0.880 bits per heavy atom. The highest BCUT2D eigenvalue weighted by atomic mass is 35.5. The van der Waals surface area contributed by atoms with Crippen molar-refractivity contribution in [2.75, 3.05) is 32.0 Å². The molecule has 0 N–H and O–H groups in total. The lowest BCUT2D eigenvalue weighted by Crippen LogP contribution is -2.29. The van der Waals surface area contributed by atoms with Crippen molar-refractivity contribution in [2.45, 2.75) is 0 Å². The van der Waals surface area contributed by atoms with Gasteiger partial charge >= 0.3 is 7.75 Å². The van der Waals surface area contributed by atoms with Crippen LogP contribution in [0.15, 0.2) is 54.6 Å². The Hall–Kier alpha value is -1.39. The van der Waals surface area contributed by atoms with Gasteiger partial charge in [-0.3, -0.25) is 0 Å². The predicted molar refractivity (Wildman–Crippen MR) is 101 cm³/mol. The molecule has 0 saturated carbocycles. The SMILES string of the molecule is COc1ccccc1OP(=O)(Oc1ccccc1)N(CCCl)CCCl. The standard InChI is InChI=1S/C17H20Cl2NO4P/c1-22-16-9-5-6-10-17(16)24-25(21,20(13-11-18)14-12-19)23-15-7-3-2-4-8-15/h2-10H,11-14H2,1H3. The Bertz CT molecular complexity index is 696. The maximum absolute atomic E-state index is 13.6. The number of hydrogen-bond acceptors (Lipinski definition) is 4. The predicted octanol–water partition coefficient (Wildman–Crippen LogP) is 5.04. The lowest BCUT2D eigenvalue weighted by Gasteiger charge is -2.29. The fourth-order valence-electron chi connectivity index (χ4n) is 2.12. The van der Waals surface area contributed by atoms with Gasteiger partial charge in [0.05, 0.1) is 7.11 Å². The molecule has 0 heterocycles. The van der Waals surface area contributed by atoms with Gasteiger partial charge in [-0.2, -0.15) is 4.67 Å². The smallest absolute Gasteiger partial charge is 0.493 e. The number of methoxy groups -OCH3 is 1. The summed E-state index contributed by atoms with van der Waals surface area (Å²) < 4.78 is 32.0. The van der Waals surface area contributed by atoms with E-state index in [1.807, 2.05) is 6.07 Å². The Kier molecular flexibility index (Phi) is 7.91. The van der Waals surface area contributed by atoms with Crippen LogP contribution in [-0.4, -0.2) is 36.6 Å². The Morgan fingerprint density at radius 2 is 1.44 bits per heavy atom. The van der Waals surface area contributed by atoms with Gasteiger partial charge in [0, 0.05) is 24.8 Å². The molecule has 0 spiro atoms. The first-order valence-electron chi connectivity index (χ1n) is 7.67. The molecule has 0 radical (unpaired) electrons. The van der Waals surface area contributed by atoms with Gasteiger partial charge in [0.1, 0.15) is 5.75 Å². The molecule has 0 saturated heterocycles. The fourth-order valence-corrected chi connectivity index (χ4v) is 4.51. The summed E-state index contributed by atoms with van der Waals surface area (Å²) in [6.07, 6.45) is 0. The van der Waals surface area contributed by atoms with Crippen molar-refractivity contribution in [3.8, 4) is 17.2 Å². The van der Waals surface area contributed by atoms with Crippen LogP contribution in [0.1, 0.15) is 0 Å². The van der Waals surface area contributed by atoms with Crippen LogP contribution in [-0.2, 0) is 4.57 Å².